The van der Waals surface area contributed by atoms with Gasteiger partial charge in [0.2, 0.25) is 0 Å². The van der Waals surface area contributed by atoms with Crippen LogP contribution in [-0.2, 0) is 6.42 Å². The molecular formula is C18H18O4. The number of carbonyl (C=O) groups excluding carboxylic acids is 1. The number of benzene rings is 2. The van der Waals surface area contributed by atoms with Gasteiger partial charge in [0.05, 0.1) is 19.8 Å². The molecule has 2 aromatic carbocycles. The molecule has 0 amide bonds. The summed E-state index contributed by atoms with van der Waals surface area (Å²) in [6.07, 6.45) is 2.53. The fraction of sp³-hybridized carbons (Fsp3) is 0.167. The van der Waals surface area contributed by atoms with Gasteiger partial charge >= 0.3 is 5.97 Å². The lowest BCUT2D eigenvalue weighted by atomic mass is 10.1. The molecule has 0 saturated carbocycles. The first-order chi connectivity index (χ1) is 10.7. The minimum atomic E-state index is -0.447. The van der Waals surface area contributed by atoms with Crippen LogP contribution in [0.25, 0.3) is 0 Å². The molecule has 0 spiro atoms. The van der Waals surface area contributed by atoms with Crippen molar-refractivity contribution in [1.29, 1.82) is 0 Å². The summed E-state index contributed by atoms with van der Waals surface area (Å²) in [6.45, 7) is 3.70. The Kier molecular flexibility index (Phi) is 5.20. The number of hydrogen-bond acceptors (Lipinski definition) is 4. The number of ether oxygens (including phenoxy) is 3. The van der Waals surface area contributed by atoms with E-state index in [-0.39, 0.29) is 0 Å². The van der Waals surface area contributed by atoms with Gasteiger partial charge in [-0.1, -0.05) is 12.1 Å². The van der Waals surface area contributed by atoms with Crippen LogP contribution in [0.4, 0.5) is 0 Å². The fourth-order valence-corrected chi connectivity index (χ4v) is 1.98. The van der Waals surface area contributed by atoms with Crippen LogP contribution in [0.5, 0.6) is 17.2 Å². The zero-order valence-electron chi connectivity index (χ0n) is 12.7. The highest BCUT2D eigenvalue weighted by Gasteiger charge is 2.13. The maximum Gasteiger partial charge on any atom is 0.343 e. The zero-order chi connectivity index (χ0) is 15.9. The monoisotopic (exact) mass is 298 g/mol. The summed E-state index contributed by atoms with van der Waals surface area (Å²) in [7, 11) is 3.11. The summed E-state index contributed by atoms with van der Waals surface area (Å²) in [6, 6.07) is 12.2. The van der Waals surface area contributed by atoms with Crippen molar-refractivity contribution < 1.29 is 19.0 Å². The lowest BCUT2D eigenvalue weighted by Crippen LogP contribution is -2.09. The van der Waals surface area contributed by atoms with Crippen LogP contribution in [-0.4, -0.2) is 20.2 Å². The second-order valence-corrected chi connectivity index (χ2v) is 4.60. The maximum atomic E-state index is 12.2. The van der Waals surface area contributed by atoms with Crippen molar-refractivity contribution in [2.24, 2.45) is 0 Å². The molecule has 4 heteroatoms. The summed E-state index contributed by atoms with van der Waals surface area (Å²) in [5.74, 6) is 1.14. The van der Waals surface area contributed by atoms with Gasteiger partial charge in [-0.3, -0.25) is 0 Å². The largest absolute Gasteiger partial charge is 0.497 e. The van der Waals surface area contributed by atoms with E-state index >= 15 is 0 Å². The molecular weight excluding hydrogens is 280 g/mol. The zero-order valence-corrected chi connectivity index (χ0v) is 12.7. The van der Waals surface area contributed by atoms with Gasteiger partial charge in [0, 0.05) is 0 Å². The van der Waals surface area contributed by atoms with Gasteiger partial charge in [-0.15, -0.1) is 6.58 Å². The van der Waals surface area contributed by atoms with Crippen molar-refractivity contribution in [3.63, 3.8) is 0 Å². The van der Waals surface area contributed by atoms with Crippen LogP contribution in [0.15, 0.2) is 55.1 Å². The molecule has 4 nitrogen and oxygen atoms in total. The highest BCUT2D eigenvalue weighted by molar-refractivity contribution is 5.91. The second-order valence-electron chi connectivity index (χ2n) is 4.60. The third-order valence-corrected chi connectivity index (χ3v) is 3.14. The minimum Gasteiger partial charge on any atom is -0.497 e. The Hall–Kier alpha value is -2.75. The topological polar surface area (TPSA) is 44.8 Å². The summed E-state index contributed by atoms with van der Waals surface area (Å²) < 4.78 is 15.7. The van der Waals surface area contributed by atoms with E-state index in [1.165, 1.54) is 7.11 Å². The Morgan fingerprint density at radius 1 is 1.05 bits per heavy atom. The van der Waals surface area contributed by atoms with Crippen LogP contribution < -0.4 is 14.2 Å². The van der Waals surface area contributed by atoms with E-state index in [2.05, 4.69) is 6.58 Å². The van der Waals surface area contributed by atoms with Crippen LogP contribution in [0, 0.1) is 0 Å². The van der Waals surface area contributed by atoms with Gasteiger partial charge in [0.1, 0.15) is 5.75 Å². The SMILES string of the molecule is C=CCc1ccc(OC(=O)c2ccc(OC)cc2)c(OC)c1. The van der Waals surface area contributed by atoms with Crippen molar-refractivity contribution in [1.82, 2.24) is 0 Å². The Labute approximate surface area is 129 Å². The van der Waals surface area contributed by atoms with Crippen LogP contribution in [0.2, 0.25) is 0 Å². The molecule has 114 valence electrons. The van der Waals surface area contributed by atoms with Gasteiger partial charge in [-0.05, 0) is 48.4 Å². The second kappa shape index (κ2) is 7.31. The predicted molar refractivity (Wildman–Crippen MR) is 84.8 cm³/mol. The number of methoxy groups -OCH3 is 2. The first-order valence-electron chi connectivity index (χ1n) is 6.82. The molecule has 0 aromatic heterocycles. The number of carbonyl (C=O) groups is 1. The Balaban J connectivity index is 2.17. The molecule has 0 aliphatic rings. The molecule has 0 unspecified atom stereocenters. The lowest BCUT2D eigenvalue weighted by Gasteiger charge is -2.10. The standard InChI is InChI=1S/C18H18O4/c1-4-5-13-6-11-16(17(12-13)21-3)22-18(19)14-7-9-15(20-2)10-8-14/h4,6-12H,1,5H2,2-3H3. The van der Waals surface area contributed by atoms with Crippen LogP contribution in [0.1, 0.15) is 15.9 Å². The average Bonchev–Trinajstić information content (AvgIpc) is 2.56. The minimum absolute atomic E-state index is 0.385. The fourth-order valence-electron chi connectivity index (χ4n) is 1.98. The van der Waals surface area contributed by atoms with E-state index in [9.17, 15) is 4.79 Å². The predicted octanol–water partition coefficient (Wildman–Crippen LogP) is 3.65. The molecule has 0 bridgehead atoms. The van der Waals surface area contributed by atoms with E-state index in [1.807, 2.05) is 12.1 Å². The average molecular weight is 298 g/mol. The van der Waals surface area contributed by atoms with Crippen LogP contribution >= 0.6 is 0 Å². The smallest absolute Gasteiger partial charge is 0.343 e. The molecule has 0 heterocycles. The lowest BCUT2D eigenvalue weighted by molar-refractivity contribution is 0.0729. The number of rotatable bonds is 6. The molecule has 0 N–H and O–H groups in total. The number of hydrogen-bond donors (Lipinski definition) is 0. The van der Waals surface area contributed by atoms with Gasteiger partial charge in [-0.2, -0.15) is 0 Å². The van der Waals surface area contributed by atoms with Crippen molar-refractivity contribution in [3.05, 3.63) is 66.2 Å². The molecule has 0 saturated heterocycles. The van der Waals surface area contributed by atoms with E-state index in [0.29, 0.717) is 22.8 Å². The van der Waals surface area contributed by atoms with Gasteiger partial charge < -0.3 is 14.2 Å². The summed E-state index contributed by atoms with van der Waals surface area (Å²) >= 11 is 0. The molecule has 0 atom stereocenters. The molecule has 2 rings (SSSR count). The highest BCUT2D eigenvalue weighted by atomic mass is 16.6. The van der Waals surface area contributed by atoms with Gasteiger partial charge in [-0.25, -0.2) is 4.79 Å². The quantitative estimate of drug-likeness (QED) is 0.464. The summed E-state index contributed by atoms with van der Waals surface area (Å²) in [4.78, 5) is 12.2. The van der Waals surface area contributed by atoms with Crippen molar-refractivity contribution in [2.75, 3.05) is 14.2 Å². The van der Waals surface area contributed by atoms with E-state index in [1.54, 1.807) is 43.5 Å². The Bertz CT molecular complexity index is 659. The number of esters is 1. The third-order valence-electron chi connectivity index (χ3n) is 3.14. The summed E-state index contributed by atoms with van der Waals surface area (Å²) in [5, 5.41) is 0. The first kappa shape index (κ1) is 15.6. The molecule has 0 aliphatic heterocycles. The Morgan fingerprint density at radius 3 is 2.36 bits per heavy atom. The van der Waals surface area contributed by atoms with Crippen molar-refractivity contribution in [2.45, 2.75) is 6.42 Å². The van der Waals surface area contributed by atoms with E-state index in [4.69, 9.17) is 14.2 Å². The van der Waals surface area contributed by atoms with Crippen LogP contribution in [0.3, 0.4) is 0 Å². The first-order valence-corrected chi connectivity index (χ1v) is 6.82. The van der Waals surface area contributed by atoms with E-state index < -0.39 is 5.97 Å². The van der Waals surface area contributed by atoms with E-state index in [0.717, 1.165) is 12.0 Å². The van der Waals surface area contributed by atoms with Crippen molar-refractivity contribution in [3.8, 4) is 17.2 Å². The van der Waals surface area contributed by atoms with Gasteiger partial charge in [0.25, 0.3) is 0 Å². The molecule has 0 radical (unpaired) electrons. The molecule has 22 heavy (non-hydrogen) atoms. The molecule has 0 fully saturated rings. The molecule has 2 aromatic rings. The third kappa shape index (κ3) is 3.67. The van der Waals surface area contributed by atoms with Crippen molar-refractivity contribution >= 4 is 5.97 Å². The maximum absolute atomic E-state index is 12.2. The summed E-state index contributed by atoms with van der Waals surface area (Å²) in [5.41, 5.74) is 1.48. The number of allylic oxidation sites excluding steroid dienone is 1. The molecule has 0 aliphatic carbocycles. The Morgan fingerprint density at radius 2 is 1.77 bits per heavy atom. The highest BCUT2D eigenvalue weighted by Crippen LogP contribution is 2.29. The normalized spacial score (nSPS) is 9.91. The van der Waals surface area contributed by atoms with Gasteiger partial charge in [0.15, 0.2) is 11.5 Å².